The Morgan fingerprint density at radius 2 is 2.17 bits per heavy atom. The highest BCUT2D eigenvalue weighted by atomic mass is 32.2. The van der Waals surface area contributed by atoms with Gasteiger partial charge in [-0.2, -0.15) is 0 Å². The summed E-state index contributed by atoms with van der Waals surface area (Å²) in [6.07, 6.45) is 2.46. The smallest absolute Gasteiger partial charge is 0.0711 e. The largest absolute Gasteiger partial charge is 0.278 e. The maximum atomic E-state index is 4.69. The van der Waals surface area contributed by atoms with E-state index in [4.69, 9.17) is 4.99 Å². The molecular weight excluding hydrogens is 166 g/mol. The van der Waals surface area contributed by atoms with E-state index in [9.17, 15) is 0 Å². The molecule has 0 aliphatic carbocycles. The van der Waals surface area contributed by atoms with Gasteiger partial charge in [0.1, 0.15) is 0 Å². The molecule has 0 radical (unpaired) electrons. The van der Waals surface area contributed by atoms with Gasteiger partial charge in [0.15, 0.2) is 0 Å². The molecule has 0 spiro atoms. The Hall–Kier alpha value is 0.0200. The molecule has 0 saturated heterocycles. The molecule has 0 N–H and O–H groups in total. The van der Waals surface area contributed by atoms with Gasteiger partial charge in [-0.1, -0.05) is 20.8 Å². The molecule has 0 bridgehead atoms. The van der Waals surface area contributed by atoms with E-state index in [-0.39, 0.29) is 0 Å². The predicted octanol–water partition coefficient (Wildman–Crippen LogP) is 3.34. The standard InChI is InChI=1S/C10H19NS/c1-5-7(3)10-11-8(4)9(6-2)12-10/h7-9H,5-6H2,1-4H3/t7?,8-,9-/m0/s1. The van der Waals surface area contributed by atoms with Crippen molar-refractivity contribution in [3.8, 4) is 0 Å². The summed E-state index contributed by atoms with van der Waals surface area (Å²) < 4.78 is 0. The van der Waals surface area contributed by atoms with Gasteiger partial charge in [0, 0.05) is 11.2 Å². The van der Waals surface area contributed by atoms with Crippen LogP contribution in [0.4, 0.5) is 0 Å². The van der Waals surface area contributed by atoms with E-state index < -0.39 is 0 Å². The van der Waals surface area contributed by atoms with Gasteiger partial charge in [-0.15, -0.1) is 11.8 Å². The van der Waals surface area contributed by atoms with E-state index in [1.54, 1.807) is 0 Å². The van der Waals surface area contributed by atoms with Crippen LogP contribution < -0.4 is 0 Å². The lowest BCUT2D eigenvalue weighted by atomic mass is 10.1. The normalized spacial score (nSPS) is 31.8. The molecule has 0 saturated carbocycles. The van der Waals surface area contributed by atoms with Crippen LogP contribution in [-0.4, -0.2) is 16.3 Å². The monoisotopic (exact) mass is 185 g/mol. The maximum Gasteiger partial charge on any atom is 0.0711 e. The molecule has 1 heterocycles. The Balaban J connectivity index is 2.54. The first-order valence-corrected chi connectivity index (χ1v) is 5.81. The van der Waals surface area contributed by atoms with Gasteiger partial charge in [-0.05, 0) is 19.8 Å². The SMILES string of the molecule is CCC(C)C1=N[C@@H](C)[C@H](CC)S1. The molecular formula is C10H19NS. The van der Waals surface area contributed by atoms with E-state index in [1.807, 2.05) is 11.8 Å². The van der Waals surface area contributed by atoms with E-state index >= 15 is 0 Å². The van der Waals surface area contributed by atoms with Crippen molar-refractivity contribution in [3.63, 3.8) is 0 Å². The van der Waals surface area contributed by atoms with Crippen molar-refractivity contribution in [1.29, 1.82) is 0 Å². The van der Waals surface area contributed by atoms with Crippen LogP contribution in [0, 0.1) is 5.92 Å². The fraction of sp³-hybridized carbons (Fsp3) is 0.900. The summed E-state index contributed by atoms with van der Waals surface area (Å²) in [6, 6.07) is 0.545. The number of nitrogens with zero attached hydrogens (tertiary/aromatic N) is 1. The summed E-state index contributed by atoms with van der Waals surface area (Å²) in [5.41, 5.74) is 0. The van der Waals surface area contributed by atoms with Gasteiger partial charge in [-0.3, -0.25) is 4.99 Å². The summed E-state index contributed by atoms with van der Waals surface area (Å²) in [6.45, 7) is 8.99. The van der Waals surface area contributed by atoms with Crippen molar-refractivity contribution in [3.05, 3.63) is 0 Å². The van der Waals surface area contributed by atoms with Crippen molar-refractivity contribution in [1.82, 2.24) is 0 Å². The van der Waals surface area contributed by atoms with Gasteiger partial charge in [0.05, 0.1) is 11.1 Å². The minimum absolute atomic E-state index is 0.545. The summed E-state index contributed by atoms with van der Waals surface area (Å²) >= 11 is 2.00. The topological polar surface area (TPSA) is 12.4 Å². The zero-order chi connectivity index (χ0) is 9.14. The average Bonchev–Trinajstić information content (AvgIpc) is 2.45. The molecule has 1 rings (SSSR count). The van der Waals surface area contributed by atoms with Gasteiger partial charge in [-0.25, -0.2) is 0 Å². The molecule has 2 heteroatoms. The van der Waals surface area contributed by atoms with Crippen LogP contribution in [0.15, 0.2) is 4.99 Å². The van der Waals surface area contributed by atoms with E-state index in [1.165, 1.54) is 17.9 Å². The fourth-order valence-corrected chi connectivity index (χ4v) is 2.77. The zero-order valence-electron chi connectivity index (χ0n) is 8.50. The third-order valence-corrected chi connectivity index (χ3v) is 4.36. The molecule has 0 aromatic carbocycles. The highest BCUT2D eigenvalue weighted by Crippen LogP contribution is 2.32. The number of hydrogen-bond acceptors (Lipinski definition) is 2. The number of hydrogen-bond donors (Lipinski definition) is 0. The number of aliphatic imine (C=N–C) groups is 1. The van der Waals surface area contributed by atoms with Crippen LogP contribution in [-0.2, 0) is 0 Å². The second-order valence-corrected chi connectivity index (χ2v) is 4.84. The van der Waals surface area contributed by atoms with Crippen LogP contribution in [0.1, 0.15) is 40.5 Å². The molecule has 1 nitrogen and oxygen atoms in total. The molecule has 1 aliphatic rings. The lowest BCUT2D eigenvalue weighted by Gasteiger charge is -2.10. The lowest BCUT2D eigenvalue weighted by molar-refractivity contribution is 0.678. The molecule has 1 unspecified atom stereocenters. The van der Waals surface area contributed by atoms with Crippen LogP contribution in [0.25, 0.3) is 0 Å². The number of rotatable bonds is 3. The molecule has 0 amide bonds. The lowest BCUT2D eigenvalue weighted by Crippen LogP contribution is -2.11. The second kappa shape index (κ2) is 4.31. The molecule has 12 heavy (non-hydrogen) atoms. The molecule has 0 aromatic rings. The van der Waals surface area contributed by atoms with E-state index in [0.29, 0.717) is 12.0 Å². The first-order chi connectivity index (χ1) is 5.69. The maximum absolute atomic E-state index is 4.69. The van der Waals surface area contributed by atoms with Gasteiger partial charge in [0.25, 0.3) is 0 Å². The Morgan fingerprint density at radius 3 is 2.58 bits per heavy atom. The first kappa shape index (κ1) is 10.1. The third kappa shape index (κ3) is 2.03. The molecule has 1 aliphatic heterocycles. The van der Waals surface area contributed by atoms with Crippen molar-refractivity contribution < 1.29 is 0 Å². The van der Waals surface area contributed by atoms with Crippen LogP contribution in [0.2, 0.25) is 0 Å². The molecule has 0 fully saturated rings. The Labute approximate surface area is 80.0 Å². The van der Waals surface area contributed by atoms with E-state index in [2.05, 4.69) is 27.7 Å². The minimum Gasteiger partial charge on any atom is -0.278 e. The second-order valence-electron chi connectivity index (χ2n) is 3.58. The summed E-state index contributed by atoms with van der Waals surface area (Å²) in [7, 11) is 0. The molecule has 0 aromatic heterocycles. The van der Waals surface area contributed by atoms with Crippen LogP contribution in [0.5, 0.6) is 0 Å². The quantitative estimate of drug-likeness (QED) is 0.657. The van der Waals surface area contributed by atoms with Gasteiger partial charge in [0.2, 0.25) is 0 Å². The number of thioether (sulfide) groups is 1. The van der Waals surface area contributed by atoms with E-state index in [0.717, 1.165) is 5.25 Å². The van der Waals surface area contributed by atoms with Crippen molar-refractivity contribution in [2.24, 2.45) is 10.9 Å². The highest BCUT2D eigenvalue weighted by molar-refractivity contribution is 8.14. The van der Waals surface area contributed by atoms with Crippen LogP contribution in [0.3, 0.4) is 0 Å². The average molecular weight is 185 g/mol. The fourth-order valence-electron chi connectivity index (χ4n) is 1.41. The van der Waals surface area contributed by atoms with Crippen molar-refractivity contribution in [2.45, 2.75) is 51.8 Å². The van der Waals surface area contributed by atoms with Crippen LogP contribution >= 0.6 is 11.8 Å². The Kier molecular flexibility index (Phi) is 3.63. The summed E-state index contributed by atoms with van der Waals surface area (Å²) in [4.78, 5) is 4.69. The first-order valence-electron chi connectivity index (χ1n) is 4.93. The van der Waals surface area contributed by atoms with Gasteiger partial charge >= 0.3 is 0 Å². The van der Waals surface area contributed by atoms with Gasteiger partial charge < -0.3 is 0 Å². The molecule has 3 atom stereocenters. The summed E-state index contributed by atoms with van der Waals surface area (Å²) in [5.74, 6) is 0.675. The van der Waals surface area contributed by atoms with Crippen molar-refractivity contribution in [2.75, 3.05) is 0 Å². The highest BCUT2D eigenvalue weighted by Gasteiger charge is 2.26. The minimum atomic E-state index is 0.545. The summed E-state index contributed by atoms with van der Waals surface area (Å²) in [5, 5.41) is 2.13. The third-order valence-electron chi connectivity index (χ3n) is 2.58. The van der Waals surface area contributed by atoms with Crippen molar-refractivity contribution >= 4 is 16.8 Å². The Morgan fingerprint density at radius 1 is 1.50 bits per heavy atom. The Bertz CT molecular complexity index is 177. The molecule has 70 valence electrons. The predicted molar refractivity (Wildman–Crippen MR) is 58.0 cm³/mol. The zero-order valence-corrected chi connectivity index (χ0v) is 9.32.